The minimum atomic E-state index is 0.0778. The molecule has 3 heteroatoms. The maximum Gasteiger partial charge on any atom is 0.246 e. The number of rotatable bonds is 4. The number of nitrogens with zero attached hydrogens (tertiary/aromatic N) is 1. The van der Waals surface area contributed by atoms with Gasteiger partial charge in [0, 0.05) is 32.0 Å². The molecule has 1 aliphatic heterocycles. The molecule has 3 rings (SSSR count). The molecule has 0 unspecified atom stereocenters. The van der Waals surface area contributed by atoms with Crippen molar-refractivity contribution >= 4 is 12.0 Å². The Hall–Kier alpha value is -2.55. The molecule has 1 aliphatic rings. The topological polar surface area (TPSA) is 29.5 Å². The van der Waals surface area contributed by atoms with Gasteiger partial charge in [-0.3, -0.25) is 4.79 Å². The standard InChI is InChI=1S/C22H25NO2/c1-17-8-9-18(2)21(16-17)25-20-12-14-23(15-13-20)22(24)11-10-19-6-4-3-5-7-19/h3-11,16,20H,12-15H2,1-2H3. The highest BCUT2D eigenvalue weighted by molar-refractivity contribution is 5.91. The molecular weight excluding hydrogens is 310 g/mol. The molecule has 1 saturated heterocycles. The lowest BCUT2D eigenvalue weighted by Crippen LogP contribution is -2.41. The van der Waals surface area contributed by atoms with Crippen molar-refractivity contribution in [2.24, 2.45) is 0 Å². The number of ether oxygens (including phenoxy) is 1. The number of piperidine rings is 1. The van der Waals surface area contributed by atoms with Gasteiger partial charge >= 0.3 is 0 Å². The molecule has 0 atom stereocenters. The summed E-state index contributed by atoms with van der Waals surface area (Å²) in [6.07, 6.45) is 5.47. The van der Waals surface area contributed by atoms with Crippen molar-refractivity contribution in [1.82, 2.24) is 4.90 Å². The molecule has 1 fully saturated rings. The molecule has 0 aliphatic carbocycles. The van der Waals surface area contributed by atoms with Gasteiger partial charge in [0.2, 0.25) is 5.91 Å². The minimum Gasteiger partial charge on any atom is -0.490 e. The van der Waals surface area contributed by atoms with Crippen molar-refractivity contribution in [3.63, 3.8) is 0 Å². The summed E-state index contributed by atoms with van der Waals surface area (Å²) in [4.78, 5) is 14.2. The molecule has 2 aromatic rings. The van der Waals surface area contributed by atoms with Crippen molar-refractivity contribution < 1.29 is 9.53 Å². The van der Waals surface area contributed by atoms with Crippen LogP contribution in [0.4, 0.5) is 0 Å². The van der Waals surface area contributed by atoms with Crippen molar-refractivity contribution in [3.05, 3.63) is 71.3 Å². The van der Waals surface area contributed by atoms with Crippen LogP contribution in [0.5, 0.6) is 5.75 Å². The monoisotopic (exact) mass is 335 g/mol. The second-order valence-electron chi connectivity index (χ2n) is 6.66. The second-order valence-corrected chi connectivity index (χ2v) is 6.66. The van der Waals surface area contributed by atoms with E-state index in [-0.39, 0.29) is 12.0 Å². The zero-order chi connectivity index (χ0) is 17.6. The zero-order valence-electron chi connectivity index (χ0n) is 14.9. The van der Waals surface area contributed by atoms with Crippen molar-refractivity contribution in [2.45, 2.75) is 32.8 Å². The maximum atomic E-state index is 12.3. The first-order chi connectivity index (χ1) is 12.1. The Morgan fingerprint density at radius 1 is 1.08 bits per heavy atom. The average Bonchev–Trinajstić information content (AvgIpc) is 2.64. The van der Waals surface area contributed by atoms with E-state index in [1.54, 1.807) is 6.08 Å². The molecule has 25 heavy (non-hydrogen) atoms. The van der Waals surface area contributed by atoms with Gasteiger partial charge in [0.1, 0.15) is 11.9 Å². The first-order valence-electron chi connectivity index (χ1n) is 8.88. The summed E-state index contributed by atoms with van der Waals surface area (Å²) in [6, 6.07) is 16.2. The Morgan fingerprint density at radius 3 is 2.52 bits per heavy atom. The molecule has 1 amide bonds. The smallest absolute Gasteiger partial charge is 0.246 e. The van der Waals surface area contributed by atoms with Crippen LogP contribution in [0, 0.1) is 13.8 Å². The average molecular weight is 335 g/mol. The van der Waals surface area contributed by atoms with Gasteiger partial charge in [-0.1, -0.05) is 42.5 Å². The predicted molar refractivity (Wildman–Crippen MR) is 102 cm³/mol. The Labute approximate surface area is 149 Å². The summed E-state index contributed by atoms with van der Waals surface area (Å²) in [5, 5.41) is 0. The first-order valence-corrected chi connectivity index (χ1v) is 8.88. The third-order valence-corrected chi connectivity index (χ3v) is 4.61. The number of likely N-dealkylation sites (tertiary alicyclic amines) is 1. The fourth-order valence-corrected chi connectivity index (χ4v) is 3.04. The Morgan fingerprint density at radius 2 is 1.80 bits per heavy atom. The first kappa shape index (κ1) is 17.3. The van der Waals surface area contributed by atoms with Gasteiger partial charge in [0.25, 0.3) is 0 Å². The highest BCUT2D eigenvalue weighted by Crippen LogP contribution is 2.24. The minimum absolute atomic E-state index is 0.0778. The SMILES string of the molecule is Cc1ccc(C)c(OC2CCN(C(=O)C=Cc3ccccc3)CC2)c1. The van der Waals surface area contributed by atoms with E-state index >= 15 is 0 Å². The van der Waals surface area contributed by atoms with Crippen LogP contribution in [0.25, 0.3) is 6.08 Å². The van der Waals surface area contributed by atoms with Gasteiger partial charge in [-0.25, -0.2) is 0 Å². The van der Waals surface area contributed by atoms with E-state index in [0.717, 1.165) is 42.8 Å². The Balaban J connectivity index is 1.52. The number of benzene rings is 2. The molecule has 1 heterocycles. The lowest BCUT2D eigenvalue weighted by molar-refractivity contribution is -0.127. The summed E-state index contributed by atoms with van der Waals surface area (Å²) in [7, 11) is 0. The van der Waals surface area contributed by atoms with Gasteiger partial charge in [-0.2, -0.15) is 0 Å². The summed E-state index contributed by atoms with van der Waals surface area (Å²) >= 11 is 0. The quantitative estimate of drug-likeness (QED) is 0.776. The number of carbonyl (C=O) groups is 1. The molecule has 2 aromatic carbocycles. The summed E-state index contributed by atoms with van der Waals surface area (Å²) in [5.74, 6) is 1.04. The van der Waals surface area contributed by atoms with E-state index in [0.29, 0.717) is 0 Å². The number of hydrogen-bond acceptors (Lipinski definition) is 2. The van der Waals surface area contributed by atoms with E-state index in [2.05, 4.69) is 32.0 Å². The van der Waals surface area contributed by atoms with Gasteiger partial charge < -0.3 is 9.64 Å². The second kappa shape index (κ2) is 8.02. The van der Waals surface area contributed by atoms with Crippen LogP contribution >= 0.6 is 0 Å². The molecule has 0 aromatic heterocycles. The fraction of sp³-hybridized carbons (Fsp3) is 0.318. The summed E-state index contributed by atoms with van der Waals surface area (Å²) < 4.78 is 6.17. The van der Waals surface area contributed by atoms with Crippen LogP contribution in [0.1, 0.15) is 29.5 Å². The van der Waals surface area contributed by atoms with Crippen LogP contribution in [0.3, 0.4) is 0 Å². The Bertz CT molecular complexity index is 744. The largest absolute Gasteiger partial charge is 0.490 e. The predicted octanol–water partition coefficient (Wildman–Crippen LogP) is 4.39. The van der Waals surface area contributed by atoms with Crippen LogP contribution < -0.4 is 4.74 Å². The number of aryl methyl sites for hydroxylation is 2. The molecule has 0 bridgehead atoms. The van der Waals surface area contributed by atoms with E-state index in [4.69, 9.17) is 4.74 Å². The van der Waals surface area contributed by atoms with Crippen molar-refractivity contribution in [3.8, 4) is 5.75 Å². The third-order valence-electron chi connectivity index (χ3n) is 4.61. The zero-order valence-corrected chi connectivity index (χ0v) is 14.9. The lowest BCUT2D eigenvalue weighted by atomic mass is 10.1. The maximum absolute atomic E-state index is 12.3. The van der Waals surface area contributed by atoms with E-state index in [1.807, 2.05) is 41.3 Å². The van der Waals surface area contributed by atoms with Gasteiger partial charge in [0.05, 0.1) is 0 Å². The normalized spacial score (nSPS) is 15.5. The fourth-order valence-electron chi connectivity index (χ4n) is 3.04. The highest BCUT2D eigenvalue weighted by Gasteiger charge is 2.23. The molecular formula is C22H25NO2. The van der Waals surface area contributed by atoms with Crippen LogP contribution in [0.15, 0.2) is 54.6 Å². The van der Waals surface area contributed by atoms with Gasteiger partial charge in [-0.15, -0.1) is 0 Å². The molecule has 130 valence electrons. The lowest BCUT2D eigenvalue weighted by Gasteiger charge is -2.32. The van der Waals surface area contributed by atoms with E-state index in [9.17, 15) is 4.79 Å². The third kappa shape index (κ3) is 4.72. The molecule has 0 saturated carbocycles. The molecule has 3 nitrogen and oxygen atoms in total. The summed E-state index contributed by atoms with van der Waals surface area (Å²) in [6.45, 7) is 5.63. The number of carbonyl (C=O) groups excluding carboxylic acids is 1. The van der Waals surface area contributed by atoms with E-state index in [1.165, 1.54) is 5.56 Å². The molecule has 0 spiro atoms. The highest BCUT2D eigenvalue weighted by atomic mass is 16.5. The summed E-state index contributed by atoms with van der Waals surface area (Å²) in [5.41, 5.74) is 3.41. The number of hydrogen-bond donors (Lipinski definition) is 0. The van der Waals surface area contributed by atoms with E-state index < -0.39 is 0 Å². The van der Waals surface area contributed by atoms with Crippen molar-refractivity contribution in [1.29, 1.82) is 0 Å². The van der Waals surface area contributed by atoms with Gasteiger partial charge in [-0.05, 0) is 42.7 Å². The van der Waals surface area contributed by atoms with Crippen LogP contribution in [-0.2, 0) is 4.79 Å². The van der Waals surface area contributed by atoms with Crippen LogP contribution in [-0.4, -0.2) is 30.0 Å². The van der Waals surface area contributed by atoms with Crippen molar-refractivity contribution in [2.75, 3.05) is 13.1 Å². The molecule has 0 radical (unpaired) electrons. The Kier molecular flexibility index (Phi) is 5.54. The molecule has 0 N–H and O–H groups in total. The van der Waals surface area contributed by atoms with Gasteiger partial charge in [0.15, 0.2) is 0 Å². The number of amides is 1. The van der Waals surface area contributed by atoms with Crippen LogP contribution in [0.2, 0.25) is 0 Å².